The molecule has 7 heteroatoms. The predicted molar refractivity (Wildman–Crippen MR) is 92.2 cm³/mol. The second-order valence-corrected chi connectivity index (χ2v) is 6.34. The minimum atomic E-state index is 0. The van der Waals surface area contributed by atoms with Gasteiger partial charge in [-0.3, -0.25) is 9.69 Å². The Morgan fingerprint density at radius 3 is 2.18 bits per heavy atom. The molecule has 2 heterocycles. The lowest BCUT2D eigenvalue weighted by Gasteiger charge is -2.44. The third kappa shape index (κ3) is 4.48. The second kappa shape index (κ2) is 9.28. The zero-order chi connectivity index (χ0) is 13.8. The fourth-order valence-electron chi connectivity index (χ4n) is 3.98. The van der Waals surface area contributed by atoms with Crippen LogP contribution in [0.2, 0.25) is 0 Å². The minimum Gasteiger partial charge on any atom is -0.379 e. The van der Waals surface area contributed by atoms with Gasteiger partial charge < -0.3 is 15.0 Å². The predicted octanol–water partition coefficient (Wildman–Crippen LogP) is 1.30. The molecule has 0 aromatic carbocycles. The summed E-state index contributed by atoms with van der Waals surface area (Å²) in [5, 5.41) is 3.32. The molecule has 0 radical (unpaired) electrons. The van der Waals surface area contributed by atoms with E-state index in [0.29, 0.717) is 12.3 Å². The number of ether oxygens (including phenoxy) is 1. The van der Waals surface area contributed by atoms with Gasteiger partial charge in [-0.05, 0) is 12.8 Å². The number of halogens is 2. The summed E-state index contributed by atoms with van der Waals surface area (Å²) in [7, 11) is 0. The quantitative estimate of drug-likeness (QED) is 0.830. The van der Waals surface area contributed by atoms with E-state index in [1.54, 1.807) is 0 Å². The maximum absolute atomic E-state index is 12.6. The summed E-state index contributed by atoms with van der Waals surface area (Å²) in [5.74, 6) is 0.361. The molecule has 0 spiro atoms. The van der Waals surface area contributed by atoms with Crippen molar-refractivity contribution in [1.29, 1.82) is 0 Å². The number of carbonyl (C=O) groups excluding carboxylic acids is 1. The molecule has 22 heavy (non-hydrogen) atoms. The Kier molecular flexibility index (Phi) is 8.43. The van der Waals surface area contributed by atoms with Crippen molar-refractivity contribution in [2.45, 2.75) is 37.6 Å². The number of nitrogens with zero attached hydrogens (tertiary/aromatic N) is 2. The molecule has 5 nitrogen and oxygen atoms in total. The van der Waals surface area contributed by atoms with Crippen molar-refractivity contribution >= 4 is 30.7 Å². The maximum Gasteiger partial charge on any atom is 0.224 e. The number of rotatable bonds is 3. The molecule has 0 aromatic rings. The summed E-state index contributed by atoms with van der Waals surface area (Å²) < 4.78 is 5.48. The molecule has 1 amide bonds. The summed E-state index contributed by atoms with van der Waals surface area (Å²) in [4.78, 5) is 17.2. The molecule has 3 aliphatic rings. The van der Waals surface area contributed by atoms with E-state index in [4.69, 9.17) is 4.74 Å². The second-order valence-electron chi connectivity index (χ2n) is 6.34. The molecule has 0 atom stereocenters. The Labute approximate surface area is 145 Å². The van der Waals surface area contributed by atoms with Gasteiger partial charge in [-0.2, -0.15) is 0 Å². The first-order valence-corrected chi connectivity index (χ1v) is 8.11. The fraction of sp³-hybridized carbons (Fsp3) is 0.933. The molecule has 0 bridgehead atoms. The van der Waals surface area contributed by atoms with Crippen LogP contribution < -0.4 is 5.32 Å². The van der Waals surface area contributed by atoms with Crippen molar-refractivity contribution < 1.29 is 9.53 Å². The average molecular weight is 354 g/mol. The summed E-state index contributed by atoms with van der Waals surface area (Å²) in [6, 6.07) is 0. The van der Waals surface area contributed by atoms with Crippen LogP contribution in [0.15, 0.2) is 0 Å². The van der Waals surface area contributed by atoms with E-state index in [2.05, 4.69) is 15.1 Å². The van der Waals surface area contributed by atoms with Crippen molar-refractivity contribution in [3.63, 3.8) is 0 Å². The van der Waals surface area contributed by atoms with E-state index < -0.39 is 0 Å². The highest BCUT2D eigenvalue weighted by Gasteiger charge is 2.42. The summed E-state index contributed by atoms with van der Waals surface area (Å²) in [5.41, 5.74) is 0.131. The number of carbonyl (C=O) groups is 1. The molecule has 2 saturated heterocycles. The van der Waals surface area contributed by atoms with Gasteiger partial charge in [-0.1, -0.05) is 12.8 Å². The molecule has 3 rings (SSSR count). The van der Waals surface area contributed by atoms with Crippen LogP contribution in [-0.2, 0) is 9.53 Å². The van der Waals surface area contributed by atoms with Crippen LogP contribution in [0.4, 0.5) is 0 Å². The lowest BCUT2D eigenvalue weighted by atomic mass is 9.89. The first-order chi connectivity index (χ1) is 9.80. The first kappa shape index (κ1) is 20.0. The number of morpholine rings is 1. The monoisotopic (exact) mass is 353 g/mol. The Balaban J connectivity index is 0.00000121. The van der Waals surface area contributed by atoms with Crippen LogP contribution in [0.25, 0.3) is 0 Å². The van der Waals surface area contributed by atoms with Crippen molar-refractivity contribution in [2.24, 2.45) is 0 Å². The topological polar surface area (TPSA) is 44.8 Å². The molecular formula is C15H29Cl2N3O2. The summed E-state index contributed by atoms with van der Waals surface area (Å²) >= 11 is 0. The molecule has 0 unspecified atom stereocenters. The Morgan fingerprint density at radius 1 is 1.00 bits per heavy atom. The van der Waals surface area contributed by atoms with Gasteiger partial charge in [0.1, 0.15) is 0 Å². The van der Waals surface area contributed by atoms with Crippen LogP contribution in [0.1, 0.15) is 32.1 Å². The van der Waals surface area contributed by atoms with Crippen LogP contribution in [0.5, 0.6) is 0 Å². The largest absolute Gasteiger partial charge is 0.379 e. The fourth-order valence-corrected chi connectivity index (χ4v) is 3.98. The molecule has 3 fully saturated rings. The molecule has 1 aliphatic carbocycles. The normalized spacial score (nSPS) is 25.2. The zero-order valence-corrected chi connectivity index (χ0v) is 14.9. The van der Waals surface area contributed by atoms with E-state index >= 15 is 0 Å². The number of hydrogen-bond donors (Lipinski definition) is 1. The third-order valence-electron chi connectivity index (χ3n) is 5.17. The van der Waals surface area contributed by atoms with Crippen LogP contribution in [0.3, 0.4) is 0 Å². The highest BCUT2D eigenvalue weighted by Crippen LogP contribution is 2.39. The minimum absolute atomic E-state index is 0. The molecular weight excluding hydrogens is 325 g/mol. The SMILES string of the molecule is Cl.Cl.O=C(CC1(N2CCOCC2)CCCC1)N1CCNCC1. The molecule has 1 N–H and O–H groups in total. The van der Waals surface area contributed by atoms with Gasteiger partial charge >= 0.3 is 0 Å². The Hall–Kier alpha value is -0.0700. The van der Waals surface area contributed by atoms with E-state index in [0.717, 1.165) is 52.5 Å². The smallest absolute Gasteiger partial charge is 0.224 e. The maximum atomic E-state index is 12.6. The van der Waals surface area contributed by atoms with Gasteiger partial charge in [-0.15, -0.1) is 24.8 Å². The lowest BCUT2D eigenvalue weighted by molar-refractivity contribution is -0.136. The Bertz CT molecular complexity index is 340. The van der Waals surface area contributed by atoms with Crippen molar-refractivity contribution in [3.05, 3.63) is 0 Å². The third-order valence-corrected chi connectivity index (χ3v) is 5.17. The van der Waals surface area contributed by atoms with Gasteiger partial charge in [0.2, 0.25) is 5.91 Å². The number of nitrogens with one attached hydrogen (secondary N) is 1. The van der Waals surface area contributed by atoms with Gasteiger partial charge in [-0.25, -0.2) is 0 Å². The highest BCUT2D eigenvalue weighted by atomic mass is 35.5. The average Bonchev–Trinajstić information content (AvgIpc) is 2.99. The zero-order valence-electron chi connectivity index (χ0n) is 13.2. The highest BCUT2D eigenvalue weighted by molar-refractivity contribution is 5.85. The summed E-state index contributed by atoms with van der Waals surface area (Å²) in [6.07, 6.45) is 5.63. The molecule has 130 valence electrons. The van der Waals surface area contributed by atoms with E-state index in [1.165, 1.54) is 25.7 Å². The van der Waals surface area contributed by atoms with Gasteiger partial charge in [0, 0.05) is 51.2 Å². The van der Waals surface area contributed by atoms with Gasteiger partial charge in [0.25, 0.3) is 0 Å². The van der Waals surface area contributed by atoms with Gasteiger partial charge in [0.05, 0.1) is 13.2 Å². The molecule has 1 saturated carbocycles. The standard InChI is InChI=1S/C15H27N3O2.2ClH/c19-14(17-7-5-16-6-8-17)13-15(3-1-2-4-15)18-9-11-20-12-10-18;;/h16H,1-13H2;2*1H. The first-order valence-electron chi connectivity index (χ1n) is 8.11. The van der Waals surface area contributed by atoms with E-state index in [-0.39, 0.29) is 30.4 Å². The van der Waals surface area contributed by atoms with Crippen molar-refractivity contribution in [1.82, 2.24) is 15.1 Å². The number of piperazine rings is 1. The van der Waals surface area contributed by atoms with E-state index in [9.17, 15) is 4.79 Å². The molecule has 2 aliphatic heterocycles. The van der Waals surface area contributed by atoms with Gasteiger partial charge in [0.15, 0.2) is 0 Å². The number of hydrogen-bond acceptors (Lipinski definition) is 4. The lowest BCUT2D eigenvalue weighted by Crippen LogP contribution is -2.55. The van der Waals surface area contributed by atoms with Crippen LogP contribution in [0, 0.1) is 0 Å². The van der Waals surface area contributed by atoms with Crippen LogP contribution >= 0.6 is 24.8 Å². The van der Waals surface area contributed by atoms with Crippen LogP contribution in [-0.4, -0.2) is 73.7 Å². The van der Waals surface area contributed by atoms with Crippen molar-refractivity contribution in [3.8, 4) is 0 Å². The Morgan fingerprint density at radius 2 is 1.59 bits per heavy atom. The summed E-state index contributed by atoms with van der Waals surface area (Å²) in [6.45, 7) is 7.26. The molecule has 0 aromatic heterocycles. The van der Waals surface area contributed by atoms with Crippen molar-refractivity contribution in [2.75, 3.05) is 52.5 Å². The van der Waals surface area contributed by atoms with E-state index in [1.807, 2.05) is 0 Å². The number of amides is 1.